The lowest BCUT2D eigenvalue weighted by Gasteiger charge is -1.95. The van der Waals surface area contributed by atoms with Gasteiger partial charge < -0.3 is 10.2 Å². The minimum Gasteiger partial charge on any atom is -0.392 e. The van der Waals surface area contributed by atoms with Gasteiger partial charge in [0.1, 0.15) is 0 Å². The highest BCUT2D eigenvalue weighted by atomic mass is 32.2. The van der Waals surface area contributed by atoms with Gasteiger partial charge in [-0.25, -0.2) is 8.42 Å². The first-order valence-corrected chi connectivity index (χ1v) is 5.03. The van der Waals surface area contributed by atoms with Crippen molar-refractivity contribution in [2.45, 2.75) is 0 Å². The summed E-state index contributed by atoms with van der Waals surface area (Å²) < 4.78 is 21.8. The molecule has 0 aromatic heterocycles. The van der Waals surface area contributed by atoms with E-state index in [1.54, 1.807) is 0 Å². The molecule has 0 fully saturated rings. The highest BCUT2D eigenvalue weighted by molar-refractivity contribution is 7.92. The van der Waals surface area contributed by atoms with Gasteiger partial charge in [0.2, 0.25) is 0 Å². The van der Waals surface area contributed by atoms with E-state index in [1.807, 2.05) is 0 Å². The predicted molar refractivity (Wildman–Crippen MR) is 39.9 cm³/mol. The Hall–Kier alpha value is -0.390. The molecule has 0 spiro atoms. The Bertz CT molecular complexity index is 253. The van der Waals surface area contributed by atoms with Gasteiger partial charge in [0, 0.05) is 0 Å². The topological polar surface area (TPSA) is 74.6 Å². The average molecular weight is 178 g/mol. The first-order chi connectivity index (χ1) is 5.09. The third kappa shape index (κ3) is 1.79. The number of aliphatic hydroxyl groups is 2. The molecule has 0 aromatic carbocycles. The Kier molecular flexibility index (Phi) is 2.31. The van der Waals surface area contributed by atoms with E-state index < -0.39 is 9.84 Å². The number of hydrogen-bond acceptors (Lipinski definition) is 4. The molecular formula is C6H10O4S. The van der Waals surface area contributed by atoms with Gasteiger partial charge in [0.05, 0.1) is 24.7 Å². The molecule has 0 saturated carbocycles. The molecule has 1 aliphatic rings. The van der Waals surface area contributed by atoms with E-state index in [1.165, 1.54) is 0 Å². The van der Waals surface area contributed by atoms with Gasteiger partial charge in [-0.15, -0.1) is 0 Å². The van der Waals surface area contributed by atoms with Crippen molar-refractivity contribution < 1.29 is 18.6 Å². The van der Waals surface area contributed by atoms with Crippen molar-refractivity contribution >= 4 is 9.84 Å². The molecule has 0 aromatic rings. The zero-order valence-corrected chi connectivity index (χ0v) is 6.76. The van der Waals surface area contributed by atoms with Crippen LogP contribution in [0, 0.1) is 0 Å². The van der Waals surface area contributed by atoms with Crippen molar-refractivity contribution in [2.75, 3.05) is 24.7 Å². The van der Waals surface area contributed by atoms with Gasteiger partial charge in [-0.2, -0.15) is 0 Å². The summed E-state index contributed by atoms with van der Waals surface area (Å²) in [5.74, 6) is -0.196. The lowest BCUT2D eigenvalue weighted by atomic mass is 10.2. The summed E-state index contributed by atoms with van der Waals surface area (Å²) in [6.07, 6.45) is 0. The van der Waals surface area contributed by atoms with Crippen LogP contribution in [-0.2, 0) is 9.84 Å². The summed E-state index contributed by atoms with van der Waals surface area (Å²) in [6, 6.07) is 0. The van der Waals surface area contributed by atoms with E-state index in [4.69, 9.17) is 10.2 Å². The number of aliphatic hydroxyl groups excluding tert-OH is 2. The van der Waals surface area contributed by atoms with Crippen LogP contribution in [0.3, 0.4) is 0 Å². The fourth-order valence-electron chi connectivity index (χ4n) is 1.10. The smallest absolute Gasteiger partial charge is 0.158 e. The fraction of sp³-hybridized carbons (Fsp3) is 0.667. The Morgan fingerprint density at radius 2 is 1.45 bits per heavy atom. The predicted octanol–water partition coefficient (Wildman–Crippen LogP) is -1.30. The van der Waals surface area contributed by atoms with Gasteiger partial charge >= 0.3 is 0 Å². The molecule has 1 heterocycles. The molecule has 0 saturated heterocycles. The molecule has 64 valence electrons. The fourth-order valence-corrected chi connectivity index (χ4v) is 2.86. The number of rotatable bonds is 2. The monoisotopic (exact) mass is 178 g/mol. The molecule has 0 radical (unpaired) electrons. The highest BCUT2D eigenvalue weighted by Crippen LogP contribution is 2.18. The van der Waals surface area contributed by atoms with Gasteiger partial charge in [-0.3, -0.25) is 0 Å². The molecule has 1 aliphatic heterocycles. The quantitative estimate of drug-likeness (QED) is 0.515. The van der Waals surface area contributed by atoms with E-state index in [0.717, 1.165) is 0 Å². The van der Waals surface area contributed by atoms with Crippen LogP contribution >= 0.6 is 0 Å². The van der Waals surface area contributed by atoms with E-state index in [2.05, 4.69) is 0 Å². The van der Waals surface area contributed by atoms with Crippen LogP contribution in [0.5, 0.6) is 0 Å². The van der Waals surface area contributed by atoms with Crippen LogP contribution in [0.1, 0.15) is 0 Å². The Balaban J connectivity index is 2.88. The molecule has 0 amide bonds. The maximum atomic E-state index is 10.9. The second kappa shape index (κ2) is 2.92. The molecule has 0 unspecified atom stereocenters. The van der Waals surface area contributed by atoms with Gasteiger partial charge in [-0.1, -0.05) is 0 Å². The molecule has 0 bridgehead atoms. The summed E-state index contributed by atoms with van der Waals surface area (Å²) in [5.41, 5.74) is 0.903. The van der Waals surface area contributed by atoms with Gasteiger partial charge in [0.25, 0.3) is 0 Å². The summed E-state index contributed by atoms with van der Waals surface area (Å²) in [5, 5.41) is 17.3. The van der Waals surface area contributed by atoms with Crippen LogP contribution in [0.15, 0.2) is 11.1 Å². The van der Waals surface area contributed by atoms with Crippen molar-refractivity contribution in [1.29, 1.82) is 0 Å². The zero-order valence-electron chi connectivity index (χ0n) is 5.95. The van der Waals surface area contributed by atoms with Gasteiger partial charge in [0.15, 0.2) is 9.84 Å². The lowest BCUT2D eigenvalue weighted by Crippen LogP contribution is -2.04. The van der Waals surface area contributed by atoms with Crippen LogP contribution in [0.4, 0.5) is 0 Å². The number of sulfone groups is 1. The summed E-state index contributed by atoms with van der Waals surface area (Å²) in [7, 11) is -3.06. The van der Waals surface area contributed by atoms with Crippen molar-refractivity contribution in [2.24, 2.45) is 0 Å². The Labute approximate surface area is 65.1 Å². The Morgan fingerprint density at radius 3 is 1.73 bits per heavy atom. The molecule has 2 N–H and O–H groups in total. The SMILES string of the molecule is O=S1(=O)CC(CO)=C(CO)C1. The second-order valence-electron chi connectivity index (χ2n) is 2.56. The minimum atomic E-state index is -3.06. The first-order valence-electron chi connectivity index (χ1n) is 3.21. The third-order valence-electron chi connectivity index (χ3n) is 1.67. The van der Waals surface area contributed by atoms with E-state index in [9.17, 15) is 8.42 Å². The van der Waals surface area contributed by atoms with E-state index in [0.29, 0.717) is 11.1 Å². The molecular weight excluding hydrogens is 168 g/mol. The lowest BCUT2D eigenvalue weighted by molar-refractivity contribution is 0.313. The van der Waals surface area contributed by atoms with Crippen molar-refractivity contribution in [3.05, 3.63) is 11.1 Å². The van der Waals surface area contributed by atoms with Crippen molar-refractivity contribution in [3.8, 4) is 0 Å². The standard InChI is InChI=1S/C6H10O4S/c7-1-5-3-11(9,10)4-6(5)2-8/h7-8H,1-4H2. The summed E-state index contributed by atoms with van der Waals surface area (Å²) in [4.78, 5) is 0. The van der Waals surface area contributed by atoms with E-state index >= 15 is 0 Å². The van der Waals surface area contributed by atoms with Crippen LogP contribution < -0.4 is 0 Å². The molecule has 0 aliphatic carbocycles. The molecule has 4 nitrogen and oxygen atoms in total. The minimum absolute atomic E-state index is 0.0978. The first kappa shape index (κ1) is 8.70. The Morgan fingerprint density at radius 1 is 1.09 bits per heavy atom. The van der Waals surface area contributed by atoms with Crippen molar-refractivity contribution in [1.82, 2.24) is 0 Å². The van der Waals surface area contributed by atoms with Gasteiger partial charge in [-0.05, 0) is 11.1 Å². The van der Waals surface area contributed by atoms with Crippen LogP contribution in [0.2, 0.25) is 0 Å². The largest absolute Gasteiger partial charge is 0.392 e. The normalized spacial score (nSPS) is 22.7. The second-order valence-corrected chi connectivity index (χ2v) is 4.62. The maximum absolute atomic E-state index is 10.9. The van der Waals surface area contributed by atoms with Crippen molar-refractivity contribution in [3.63, 3.8) is 0 Å². The highest BCUT2D eigenvalue weighted by Gasteiger charge is 2.25. The molecule has 1 rings (SSSR count). The molecule has 11 heavy (non-hydrogen) atoms. The molecule has 0 atom stereocenters. The average Bonchev–Trinajstić information content (AvgIpc) is 2.25. The number of hydrogen-bond donors (Lipinski definition) is 2. The van der Waals surface area contributed by atoms with Crippen LogP contribution in [-0.4, -0.2) is 43.4 Å². The van der Waals surface area contributed by atoms with E-state index in [-0.39, 0.29) is 24.7 Å². The molecule has 5 heteroatoms. The third-order valence-corrected chi connectivity index (χ3v) is 3.25. The van der Waals surface area contributed by atoms with Crippen LogP contribution in [0.25, 0.3) is 0 Å². The zero-order chi connectivity index (χ0) is 8.48. The summed E-state index contributed by atoms with van der Waals surface area (Å²) in [6.45, 7) is -0.537. The summed E-state index contributed by atoms with van der Waals surface area (Å²) >= 11 is 0. The maximum Gasteiger partial charge on any atom is 0.158 e.